The predicted octanol–water partition coefficient (Wildman–Crippen LogP) is 3.09. The van der Waals surface area contributed by atoms with Crippen LogP contribution in [0.2, 0.25) is 0 Å². The Labute approximate surface area is 413 Å². The summed E-state index contributed by atoms with van der Waals surface area (Å²) in [4.78, 5) is 95.9. The molecule has 0 radical (unpaired) electrons. The Morgan fingerprint density at radius 1 is 0.886 bits per heavy atom. The molecule has 1 aromatic carbocycles. The van der Waals surface area contributed by atoms with E-state index in [-0.39, 0.29) is 59.7 Å². The van der Waals surface area contributed by atoms with Crippen molar-refractivity contribution in [2.24, 2.45) is 22.7 Å². The van der Waals surface area contributed by atoms with Crippen molar-refractivity contribution in [2.75, 3.05) is 74.6 Å². The second-order valence-corrected chi connectivity index (χ2v) is 19.5. The van der Waals surface area contributed by atoms with Crippen LogP contribution in [0.5, 0.6) is 0 Å². The minimum atomic E-state index is -0.742. The second kappa shape index (κ2) is 26.4. The Bertz CT molecular complexity index is 2080. The Hall–Kier alpha value is -5.76. The van der Waals surface area contributed by atoms with Crippen LogP contribution in [-0.2, 0) is 44.7 Å². The van der Waals surface area contributed by atoms with Gasteiger partial charge in [-0.2, -0.15) is 5.21 Å². The lowest BCUT2D eigenvalue weighted by Gasteiger charge is -2.41. The molecule has 70 heavy (non-hydrogen) atoms. The number of methoxy groups -OCH3 is 2. The minimum Gasteiger partial charge on any atom is -0.379 e. The van der Waals surface area contributed by atoms with E-state index in [1.54, 1.807) is 26.2 Å². The number of guanidine groups is 1. The number of imide groups is 1. The number of rotatable bonds is 24. The number of tetrazole rings is 1. The maximum atomic E-state index is 14.8. The lowest BCUT2D eigenvalue weighted by atomic mass is 9.89. The third-order valence-electron chi connectivity index (χ3n) is 14.2. The van der Waals surface area contributed by atoms with Gasteiger partial charge in [-0.05, 0) is 43.1 Å². The van der Waals surface area contributed by atoms with Crippen LogP contribution in [-0.4, -0.2) is 196 Å². The van der Waals surface area contributed by atoms with Crippen molar-refractivity contribution in [2.45, 2.75) is 129 Å². The van der Waals surface area contributed by atoms with Gasteiger partial charge in [-0.1, -0.05) is 83.0 Å². The van der Waals surface area contributed by atoms with Crippen LogP contribution in [0.25, 0.3) is 0 Å². The van der Waals surface area contributed by atoms with Gasteiger partial charge < -0.3 is 39.3 Å². The molecule has 0 aliphatic carbocycles. The van der Waals surface area contributed by atoms with Gasteiger partial charge in [0.2, 0.25) is 23.6 Å². The van der Waals surface area contributed by atoms with Gasteiger partial charge in [0.15, 0.2) is 11.8 Å². The summed E-state index contributed by atoms with van der Waals surface area (Å²) in [6, 6.07) is 7.64. The number of hydrogen-bond acceptors (Lipinski definition) is 12. The monoisotopic (exact) mass is 975 g/mol. The third-order valence-corrected chi connectivity index (χ3v) is 14.2. The highest BCUT2D eigenvalue weighted by Gasteiger charge is 2.43. The first-order valence-electron chi connectivity index (χ1n) is 25.0. The van der Waals surface area contributed by atoms with E-state index < -0.39 is 36.3 Å². The molecule has 2 fully saturated rings. The number of aliphatic imine (C=N–C) groups is 1. The van der Waals surface area contributed by atoms with Gasteiger partial charge in [0.1, 0.15) is 6.04 Å². The zero-order chi connectivity index (χ0) is 51.1. The van der Waals surface area contributed by atoms with E-state index in [1.807, 2.05) is 79.9 Å². The molecular formula is C50H78N12O8. The van der Waals surface area contributed by atoms with Crippen LogP contribution in [0.1, 0.15) is 103 Å². The number of likely N-dealkylation sites (N-methyl/N-ethyl adjacent to an activating group) is 1. The van der Waals surface area contributed by atoms with Crippen molar-refractivity contribution in [3.05, 3.63) is 53.9 Å². The normalized spacial score (nSPS) is 19.5. The first-order chi connectivity index (χ1) is 33.5. The largest absolute Gasteiger partial charge is 0.379 e. The third kappa shape index (κ3) is 14.2. The fraction of sp³-hybridized carbons (Fsp3) is 0.680. The second-order valence-electron chi connectivity index (χ2n) is 19.5. The Morgan fingerprint density at radius 2 is 1.56 bits per heavy atom. The number of piperazine rings is 1. The molecular weight excluding hydrogens is 897 g/mol. The van der Waals surface area contributed by atoms with E-state index >= 15 is 0 Å². The maximum absolute atomic E-state index is 14.8. The van der Waals surface area contributed by atoms with Gasteiger partial charge in [0.05, 0.1) is 42.7 Å². The average Bonchev–Trinajstić information content (AvgIpc) is 4.14. The molecule has 2 unspecified atom stereocenters. The number of aromatic amines is 1. The van der Waals surface area contributed by atoms with Crippen molar-refractivity contribution in [3.63, 3.8) is 0 Å². The van der Waals surface area contributed by atoms with Gasteiger partial charge >= 0.3 is 0 Å². The summed E-state index contributed by atoms with van der Waals surface area (Å²) in [6.07, 6.45) is 6.38. The molecule has 3 aliphatic heterocycles. The van der Waals surface area contributed by atoms with Crippen LogP contribution in [0.15, 0.2) is 47.5 Å². The molecule has 5 rings (SSSR count). The number of nitrogens with zero attached hydrogens (tertiary/aromatic N) is 10. The lowest BCUT2D eigenvalue weighted by Crippen LogP contribution is -2.56. The summed E-state index contributed by atoms with van der Waals surface area (Å²) in [5, 5.41) is 17.6. The highest BCUT2D eigenvalue weighted by atomic mass is 16.5. The highest BCUT2D eigenvalue weighted by Crippen LogP contribution is 2.30. The molecule has 2 N–H and O–H groups in total. The molecule has 2 aromatic rings. The molecule has 3 aliphatic rings. The molecule has 8 atom stereocenters. The van der Waals surface area contributed by atoms with Crippen molar-refractivity contribution in [1.82, 2.24) is 55.3 Å². The number of ether oxygens (including phenoxy) is 2. The molecule has 1 aromatic heterocycles. The summed E-state index contributed by atoms with van der Waals surface area (Å²) >= 11 is 0. The van der Waals surface area contributed by atoms with Crippen molar-refractivity contribution >= 4 is 41.4 Å². The summed E-state index contributed by atoms with van der Waals surface area (Å²) in [6.45, 7) is 12.9. The van der Waals surface area contributed by atoms with E-state index in [9.17, 15) is 28.8 Å². The van der Waals surface area contributed by atoms with Crippen molar-refractivity contribution < 1.29 is 38.2 Å². The fourth-order valence-corrected chi connectivity index (χ4v) is 9.97. The van der Waals surface area contributed by atoms with Gasteiger partial charge in [-0.25, -0.2) is 4.99 Å². The molecule has 6 amide bonds. The SMILES string of the molecule is CC[C@H](C)[C@@H]([C@@H](CC(=O)N1CCCC1[C@H](OC)[C@@H](C)C(=O)N[C@@H](Cc1ccccc1)c1nn[nH]n1)OC)N(C)C(=O)C(N=C(N(C)C)N1CCN(C(=O)CCCCCN2C(=O)C=CC2=O)CC1)C(C)C. The fourth-order valence-electron chi connectivity index (χ4n) is 9.97. The van der Waals surface area contributed by atoms with Gasteiger partial charge in [-0.15, -0.1) is 10.2 Å². The Kier molecular flexibility index (Phi) is 20.8. The van der Waals surface area contributed by atoms with Crippen molar-refractivity contribution in [1.29, 1.82) is 0 Å². The quantitative estimate of drug-likeness (QED) is 0.0670. The van der Waals surface area contributed by atoms with Crippen LogP contribution in [0.3, 0.4) is 0 Å². The summed E-state index contributed by atoms with van der Waals surface area (Å²) < 4.78 is 12.2. The summed E-state index contributed by atoms with van der Waals surface area (Å²) in [7, 11) is 8.74. The van der Waals surface area contributed by atoms with Crippen LogP contribution in [0, 0.1) is 17.8 Å². The van der Waals surface area contributed by atoms with Crippen LogP contribution >= 0.6 is 0 Å². The van der Waals surface area contributed by atoms with E-state index in [2.05, 4.69) is 44.7 Å². The van der Waals surface area contributed by atoms with Gasteiger partial charge in [-0.3, -0.25) is 33.7 Å². The number of carbonyl (C=O) groups excluding carboxylic acids is 6. The van der Waals surface area contributed by atoms with Crippen LogP contribution in [0.4, 0.5) is 0 Å². The predicted molar refractivity (Wildman–Crippen MR) is 264 cm³/mol. The number of unbranched alkanes of at least 4 members (excludes halogenated alkanes) is 2. The maximum Gasteiger partial charge on any atom is 0.253 e. The van der Waals surface area contributed by atoms with E-state index in [4.69, 9.17) is 14.5 Å². The highest BCUT2D eigenvalue weighted by molar-refractivity contribution is 6.12. The number of carbonyl (C=O) groups is 6. The summed E-state index contributed by atoms with van der Waals surface area (Å²) in [5.41, 5.74) is 0.997. The van der Waals surface area contributed by atoms with Crippen molar-refractivity contribution in [3.8, 4) is 0 Å². The minimum absolute atomic E-state index is 0.0213. The molecule has 0 bridgehead atoms. The first-order valence-corrected chi connectivity index (χ1v) is 25.0. The number of amides is 6. The van der Waals surface area contributed by atoms with E-state index in [0.29, 0.717) is 83.2 Å². The molecule has 20 nitrogen and oxygen atoms in total. The van der Waals surface area contributed by atoms with E-state index in [1.165, 1.54) is 17.1 Å². The Morgan fingerprint density at radius 3 is 2.14 bits per heavy atom. The number of aromatic nitrogens is 4. The average molecular weight is 975 g/mol. The van der Waals surface area contributed by atoms with Gasteiger partial charge in [0.25, 0.3) is 11.8 Å². The topological polar surface area (TPSA) is 219 Å². The molecule has 0 spiro atoms. The number of H-pyrrole nitrogens is 1. The molecule has 0 saturated carbocycles. The zero-order valence-electron chi connectivity index (χ0n) is 43.1. The van der Waals surface area contributed by atoms with E-state index in [0.717, 1.165) is 24.8 Å². The number of nitrogens with one attached hydrogen (secondary N) is 2. The Balaban J connectivity index is 1.22. The smallest absolute Gasteiger partial charge is 0.253 e. The lowest BCUT2D eigenvalue weighted by molar-refractivity contribution is -0.146. The number of benzene rings is 1. The molecule has 4 heterocycles. The molecule has 20 heteroatoms. The zero-order valence-corrected chi connectivity index (χ0v) is 43.1. The molecule has 2 saturated heterocycles. The molecule has 386 valence electrons. The number of hydrogen-bond donors (Lipinski definition) is 2. The number of likely N-dealkylation sites (tertiary alicyclic amines) is 1. The van der Waals surface area contributed by atoms with Crippen LogP contribution < -0.4 is 5.32 Å². The first kappa shape index (κ1) is 55.2. The van der Waals surface area contributed by atoms with Gasteiger partial charge in [0, 0.05) is 99.6 Å². The summed E-state index contributed by atoms with van der Waals surface area (Å²) in [5.74, 6) is -0.896. The standard InChI is InChI=1S/C50H78N12O8/c1-11-34(4)45(39(69-9)32-43(66)61-26-18-21-38(61)46(70-10)35(5)48(67)51-37(47-53-55-56-54-47)31-36-19-14-12-15-20-36)58(8)49(68)44(33(2)3)52-50(57(6)7)60-29-27-59(28-30-60)40(63)22-16-13-17-25-62-41(64)23-24-42(62)65/h12,14-15,19-20,23-24,33-35,37-39,44-46H,11,13,16-18,21-22,25-32H2,1-10H3,(H,51,67)(H,53,54,55,56)/t34-,35+,37-,38?,39+,44?,45-,46+/m0/s1.